The molecule has 0 aliphatic rings. The van der Waals surface area contributed by atoms with Crippen LogP contribution in [0.4, 0.5) is 4.39 Å². The predicted octanol–water partition coefficient (Wildman–Crippen LogP) is 3.83. The third-order valence-electron chi connectivity index (χ3n) is 2.49. The lowest BCUT2D eigenvalue weighted by Gasteiger charge is -2.13. The van der Waals surface area contributed by atoms with Crippen molar-refractivity contribution in [3.8, 4) is 0 Å². The lowest BCUT2D eigenvalue weighted by atomic mass is 10.2. The molecule has 3 heteroatoms. The van der Waals surface area contributed by atoms with Crippen LogP contribution in [-0.2, 0) is 6.54 Å². The fourth-order valence-electron chi connectivity index (χ4n) is 1.36. The minimum Gasteiger partial charge on any atom is -0.313 e. The van der Waals surface area contributed by atoms with Crippen LogP contribution >= 0.6 is 11.8 Å². The second-order valence-electron chi connectivity index (χ2n) is 3.87. The third-order valence-corrected chi connectivity index (χ3v) is 3.88. The first-order valence-corrected chi connectivity index (χ1v) is 6.71. The highest BCUT2D eigenvalue weighted by Gasteiger charge is 2.08. The molecule has 0 saturated heterocycles. The van der Waals surface area contributed by atoms with E-state index < -0.39 is 0 Å². The van der Waals surface area contributed by atoms with Gasteiger partial charge in [-0.2, -0.15) is 0 Å². The van der Waals surface area contributed by atoms with Crippen molar-refractivity contribution >= 4 is 11.8 Å². The summed E-state index contributed by atoms with van der Waals surface area (Å²) in [6, 6.07) is 5.06. The maximum Gasteiger partial charge on any atom is 0.123 e. The van der Waals surface area contributed by atoms with E-state index in [1.807, 2.05) is 17.8 Å². The van der Waals surface area contributed by atoms with Gasteiger partial charge >= 0.3 is 0 Å². The van der Waals surface area contributed by atoms with Gasteiger partial charge in [0, 0.05) is 16.7 Å². The molecule has 0 aromatic heterocycles. The quantitative estimate of drug-likeness (QED) is 0.760. The van der Waals surface area contributed by atoms with Gasteiger partial charge in [0.1, 0.15) is 5.82 Å². The molecular formula is C13H20FNS. The Morgan fingerprint density at radius 2 is 2.12 bits per heavy atom. The van der Waals surface area contributed by atoms with Gasteiger partial charge in [-0.15, -0.1) is 11.8 Å². The molecule has 0 aliphatic carbocycles. The van der Waals surface area contributed by atoms with E-state index in [-0.39, 0.29) is 5.82 Å². The van der Waals surface area contributed by atoms with E-state index in [0.717, 1.165) is 25.1 Å². The van der Waals surface area contributed by atoms with E-state index in [9.17, 15) is 4.39 Å². The first-order valence-electron chi connectivity index (χ1n) is 5.83. The van der Waals surface area contributed by atoms with Crippen molar-refractivity contribution < 1.29 is 4.39 Å². The van der Waals surface area contributed by atoms with Crippen LogP contribution in [-0.4, -0.2) is 11.8 Å². The van der Waals surface area contributed by atoms with Crippen molar-refractivity contribution in [2.75, 3.05) is 6.54 Å². The fraction of sp³-hybridized carbons (Fsp3) is 0.538. The van der Waals surface area contributed by atoms with Crippen molar-refractivity contribution in [3.63, 3.8) is 0 Å². The predicted molar refractivity (Wildman–Crippen MR) is 69.4 cm³/mol. The summed E-state index contributed by atoms with van der Waals surface area (Å²) in [5.74, 6) is -0.151. The molecule has 0 saturated carbocycles. The Morgan fingerprint density at radius 1 is 1.38 bits per heavy atom. The standard InChI is InChI=1S/C13H20FNS/c1-4-10(3)16-13-7-6-12(14)8-11(13)9-15-5-2/h6-8,10,15H,4-5,9H2,1-3H3. The maximum absolute atomic E-state index is 13.2. The number of hydrogen-bond donors (Lipinski definition) is 1. The number of benzene rings is 1. The Bertz CT molecular complexity index is 328. The topological polar surface area (TPSA) is 12.0 Å². The van der Waals surface area contributed by atoms with Crippen molar-refractivity contribution in [1.82, 2.24) is 5.32 Å². The summed E-state index contributed by atoms with van der Waals surface area (Å²) in [5.41, 5.74) is 1.06. The summed E-state index contributed by atoms with van der Waals surface area (Å²) >= 11 is 1.82. The van der Waals surface area contributed by atoms with Gasteiger partial charge in [-0.05, 0) is 36.7 Å². The Hall–Kier alpha value is -0.540. The van der Waals surface area contributed by atoms with Gasteiger partial charge in [-0.3, -0.25) is 0 Å². The van der Waals surface area contributed by atoms with Crippen LogP contribution in [0, 0.1) is 5.82 Å². The molecular weight excluding hydrogens is 221 g/mol. The number of nitrogens with one attached hydrogen (secondary N) is 1. The zero-order valence-electron chi connectivity index (χ0n) is 10.2. The summed E-state index contributed by atoms with van der Waals surface area (Å²) in [4.78, 5) is 1.19. The molecule has 1 N–H and O–H groups in total. The highest BCUT2D eigenvalue weighted by atomic mass is 32.2. The molecule has 1 unspecified atom stereocenters. The van der Waals surface area contributed by atoms with Crippen LogP contribution in [0.5, 0.6) is 0 Å². The Morgan fingerprint density at radius 3 is 2.75 bits per heavy atom. The van der Waals surface area contributed by atoms with Gasteiger partial charge in [0.05, 0.1) is 0 Å². The Balaban J connectivity index is 2.80. The molecule has 0 radical (unpaired) electrons. The van der Waals surface area contributed by atoms with Crippen molar-refractivity contribution in [1.29, 1.82) is 0 Å². The first kappa shape index (κ1) is 13.5. The van der Waals surface area contributed by atoms with E-state index in [4.69, 9.17) is 0 Å². The smallest absolute Gasteiger partial charge is 0.123 e. The fourth-order valence-corrected chi connectivity index (χ4v) is 2.39. The Labute approximate surface area is 102 Å². The molecule has 0 fully saturated rings. The molecule has 0 bridgehead atoms. The molecule has 0 amide bonds. The monoisotopic (exact) mass is 241 g/mol. The molecule has 0 heterocycles. The minimum absolute atomic E-state index is 0.151. The average molecular weight is 241 g/mol. The lowest BCUT2D eigenvalue weighted by Crippen LogP contribution is -2.13. The van der Waals surface area contributed by atoms with E-state index in [1.165, 1.54) is 4.90 Å². The minimum atomic E-state index is -0.151. The maximum atomic E-state index is 13.2. The summed E-state index contributed by atoms with van der Waals surface area (Å²) in [5, 5.41) is 3.82. The highest BCUT2D eigenvalue weighted by Crippen LogP contribution is 2.28. The van der Waals surface area contributed by atoms with Crippen LogP contribution in [0.2, 0.25) is 0 Å². The summed E-state index contributed by atoms with van der Waals surface area (Å²) in [6.45, 7) is 8.08. The normalized spacial score (nSPS) is 12.8. The molecule has 1 nitrogen and oxygen atoms in total. The number of thioether (sulfide) groups is 1. The van der Waals surface area contributed by atoms with Crippen LogP contribution < -0.4 is 5.32 Å². The van der Waals surface area contributed by atoms with Crippen molar-refractivity contribution in [2.45, 2.75) is 43.9 Å². The van der Waals surface area contributed by atoms with Crippen LogP contribution in [0.3, 0.4) is 0 Å². The van der Waals surface area contributed by atoms with E-state index in [0.29, 0.717) is 5.25 Å². The van der Waals surface area contributed by atoms with Crippen molar-refractivity contribution in [3.05, 3.63) is 29.6 Å². The van der Waals surface area contributed by atoms with Gasteiger partial charge in [0.2, 0.25) is 0 Å². The SMILES string of the molecule is CCNCc1cc(F)ccc1SC(C)CC. The molecule has 0 spiro atoms. The number of rotatable bonds is 6. The van der Waals surface area contributed by atoms with Crippen LogP contribution in [0.1, 0.15) is 32.8 Å². The second-order valence-corrected chi connectivity index (χ2v) is 5.35. The third kappa shape index (κ3) is 4.14. The van der Waals surface area contributed by atoms with Gasteiger partial charge < -0.3 is 5.32 Å². The molecule has 1 atom stereocenters. The van der Waals surface area contributed by atoms with Crippen molar-refractivity contribution in [2.24, 2.45) is 0 Å². The largest absolute Gasteiger partial charge is 0.313 e. The number of halogens is 1. The molecule has 1 aromatic rings. The zero-order chi connectivity index (χ0) is 12.0. The summed E-state index contributed by atoms with van der Waals surface area (Å²) in [6.07, 6.45) is 1.13. The highest BCUT2D eigenvalue weighted by molar-refractivity contribution is 8.00. The average Bonchev–Trinajstić information content (AvgIpc) is 2.29. The van der Waals surface area contributed by atoms with Crippen LogP contribution in [0.25, 0.3) is 0 Å². The molecule has 90 valence electrons. The van der Waals surface area contributed by atoms with Gasteiger partial charge in [0.25, 0.3) is 0 Å². The van der Waals surface area contributed by atoms with E-state index in [1.54, 1.807) is 12.1 Å². The zero-order valence-corrected chi connectivity index (χ0v) is 11.0. The van der Waals surface area contributed by atoms with Gasteiger partial charge in [0.15, 0.2) is 0 Å². The second kappa shape index (κ2) is 6.92. The summed E-state index contributed by atoms with van der Waals surface area (Å²) < 4.78 is 13.2. The molecule has 1 aromatic carbocycles. The lowest BCUT2D eigenvalue weighted by molar-refractivity contribution is 0.618. The van der Waals surface area contributed by atoms with E-state index in [2.05, 4.69) is 26.1 Å². The van der Waals surface area contributed by atoms with Gasteiger partial charge in [-0.1, -0.05) is 20.8 Å². The molecule has 16 heavy (non-hydrogen) atoms. The van der Waals surface area contributed by atoms with Gasteiger partial charge in [-0.25, -0.2) is 4.39 Å². The molecule has 1 rings (SSSR count). The summed E-state index contributed by atoms with van der Waals surface area (Å²) in [7, 11) is 0. The van der Waals surface area contributed by atoms with Crippen LogP contribution in [0.15, 0.2) is 23.1 Å². The Kier molecular flexibility index (Phi) is 5.85. The molecule has 0 aliphatic heterocycles. The first-order chi connectivity index (χ1) is 7.67. The van der Waals surface area contributed by atoms with E-state index >= 15 is 0 Å². The number of hydrogen-bond acceptors (Lipinski definition) is 2.